The lowest BCUT2D eigenvalue weighted by Gasteiger charge is -2.16. The topological polar surface area (TPSA) is 80.4 Å². The van der Waals surface area contributed by atoms with Crippen molar-refractivity contribution in [1.82, 2.24) is 0 Å². The monoisotopic (exact) mass is 165 g/mol. The fraction of sp³-hybridized carbons (Fsp3) is 0.800. The van der Waals surface area contributed by atoms with Crippen molar-refractivity contribution < 1.29 is 13.6 Å². The molecule has 4 nitrogen and oxygen atoms in total. The first kappa shape index (κ1) is 9.58. The van der Waals surface area contributed by atoms with Gasteiger partial charge in [-0.25, -0.2) is 4.21 Å². The summed E-state index contributed by atoms with van der Waals surface area (Å²) in [7, 11) is 0. The summed E-state index contributed by atoms with van der Waals surface area (Å²) in [6.45, 7) is 3.06. The largest absolute Gasteiger partial charge is 0.369 e. The minimum absolute atomic E-state index is 0.109. The van der Waals surface area contributed by atoms with E-state index >= 15 is 0 Å². The van der Waals surface area contributed by atoms with E-state index in [1.807, 2.05) is 0 Å². The highest BCUT2D eigenvalue weighted by Crippen LogP contribution is 2.14. The van der Waals surface area contributed by atoms with Crippen molar-refractivity contribution >= 4 is 17.0 Å². The molecule has 0 aliphatic heterocycles. The minimum atomic E-state index is -1.96. The van der Waals surface area contributed by atoms with Gasteiger partial charge in [0.1, 0.15) is 0 Å². The van der Waals surface area contributed by atoms with Gasteiger partial charge in [0.15, 0.2) is 11.1 Å². The Balaban J connectivity index is 4.13. The maximum Gasteiger partial charge on any atom is 0.224 e. The van der Waals surface area contributed by atoms with E-state index in [2.05, 4.69) is 0 Å². The molecule has 0 heterocycles. The lowest BCUT2D eigenvalue weighted by atomic mass is 9.96. The molecule has 0 aromatic heterocycles. The SMILES string of the molecule is CC(C)(CS(=O)O)C(N)=O. The van der Waals surface area contributed by atoms with Crippen molar-refractivity contribution in [3.05, 3.63) is 0 Å². The maximum absolute atomic E-state index is 10.5. The molecular formula is C5H11NO3S. The summed E-state index contributed by atoms with van der Waals surface area (Å²) in [6, 6.07) is 0. The highest BCUT2D eigenvalue weighted by atomic mass is 32.2. The van der Waals surface area contributed by atoms with Gasteiger partial charge in [0.05, 0.1) is 11.2 Å². The van der Waals surface area contributed by atoms with Crippen LogP contribution in [0.1, 0.15) is 13.8 Å². The van der Waals surface area contributed by atoms with Crippen LogP contribution in [0.15, 0.2) is 0 Å². The Kier molecular flexibility index (Phi) is 2.98. The summed E-state index contributed by atoms with van der Waals surface area (Å²) in [5.41, 5.74) is 4.04. The van der Waals surface area contributed by atoms with Gasteiger partial charge in [0.2, 0.25) is 5.91 Å². The van der Waals surface area contributed by atoms with Crippen LogP contribution in [0.4, 0.5) is 0 Å². The van der Waals surface area contributed by atoms with E-state index in [1.165, 1.54) is 13.8 Å². The molecule has 3 N–H and O–H groups in total. The third kappa shape index (κ3) is 2.93. The van der Waals surface area contributed by atoms with Crippen LogP contribution in [-0.4, -0.2) is 20.4 Å². The fourth-order valence-electron chi connectivity index (χ4n) is 0.380. The Morgan fingerprint density at radius 3 is 2.20 bits per heavy atom. The molecule has 0 aromatic carbocycles. The van der Waals surface area contributed by atoms with E-state index in [9.17, 15) is 9.00 Å². The number of carbonyl (C=O) groups is 1. The molecule has 0 aliphatic carbocycles. The number of carbonyl (C=O) groups excluding carboxylic acids is 1. The number of nitrogens with two attached hydrogens (primary N) is 1. The molecule has 1 unspecified atom stereocenters. The summed E-state index contributed by atoms with van der Waals surface area (Å²) >= 11 is -1.96. The second kappa shape index (κ2) is 3.12. The van der Waals surface area contributed by atoms with Gasteiger partial charge in [-0.3, -0.25) is 4.79 Å². The van der Waals surface area contributed by atoms with E-state index in [0.717, 1.165) is 0 Å². The zero-order chi connectivity index (χ0) is 8.36. The molecule has 10 heavy (non-hydrogen) atoms. The van der Waals surface area contributed by atoms with Crippen molar-refractivity contribution in [3.8, 4) is 0 Å². The molecule has 0 bridgehead atoms. The third-order valence-corrected chi connectivity index (χ3v) is 2.12. The maximum atomic E-state index is 10.5. The molecule has 0 aromatic rings. The van der Waals surface area contributed by atoms with Crippen molar-refractivity contribution in [2.45, 2.75) is 13.8 Å². The van der Waals surface area contributed by atoms with E-state index in [1.54, 1.807) is 0 Å². The molecule has 0 saturated heterocycles. The Labute approximate surface area is 62.1 Å². The van der Waals surface area contributed by atoms with Crippen LogP contribution >= 0.6 is 0 Å². The summed E-state index contributed by atoms with van der Waals surface area (Å²) in [5.74, 6) is -0.669. The van der Waals surface area contributed by atoms with Crippen LogP contribution in [0.25, 0.3) is 0 Å². The number of amides is 1. The molecule has 5 heteroatoms. The molecule has 0 rings (SSSR count). The molecule has 1 amide bonds. The summed E-state index contributed by atoms with van der Waals surface area (Å²) in [4.78, 5) is 10.5. The Bertz CT molecular complexity index is 166. The van der Waals surface area contributed by atoms with Gasteiger partial charge < -0.3 is 10.3 Å². The first-order valence-corrected chi connectivity index (χ1v) is 4.01. The number of rotatable bonds is 3. The zero-order valence-corrected chi connectivity index (χ0v) is 6.77. The van der Waals surface area contributed by atoms with Crippen LogP contribution < -0.4 is 5.73 Å². The van der Waals surface area contributed by atoms with Crippen molar-refractivity contribution in [2.24, 2.45) is 11.1 Å². The molecule has 0 saturated carbocycles. The fourth-order valence-corrected chi connectivity index (χ4v) is 1.14. The van der Waals surface area contributed by atoms with E-state index in [-0.39, 0.29) is 5.75 Å². The highest BCUT2D eigenvalue weighted by molar-refractivity contribution is 7.79. The van der Waals surface area contributed by atoms with Gasteiger partial charge in [-0.1, -0.05) is 13.8 Å². The summed E-state index contributed by atoms with van der Waals surface area (Å²) in [6.07, 6.45) is 0. The normalized spacial score (nSPS) is 14.7. The molecule has 0 radical (unpaired) electrons. The van der Waals surface area contributed by atoms with Gasteiger partial charge in [0.25, 0.3) is 0 Å². The van der Waals surface area contributed by atoms with Gasteiger partial charge >= 0.3 is 0 Å². The Hall–Kier alpha value is -0.420. The number of hydrogen-bond acceptors (Lipinski definition) is 2. The van der Waals surface area contributed by atoms with Crippen LogP contribution in [0.3, 0.4) is 0 Å². The average molecular weight is 165 g/mol. The van der Waals surface area contributed by atoms with Crippen LogP contribution in [0.5, 0.6) is 0 Å². The molecule has 0 spiro atoms. The van der Waals surface area contributed by atoms with Gasteiger partial charge in [-0.15, -0.1) is 0 Å². The van der Waals surface area contributed by atoms with E-state index in [4.69, 9.17) is 10.3 Å². The molecule has 0 fully saturated rings. The lowest BCUT2D eigenvalue weighted by molar-refractivity contribution is -0.124. The van der Waals surface area contributed by atoms with Gasteiger partial charge in [0, 0.05) is 0 Å². The van der Waals surface area contributed by atoms with E-state index < -0.39 is 22.4 Å². The number of hydrogen-bond donors (Lipinski definition) is 2. The zero-order valence-electron chi connectivity index (χ0n) is 5.96. The lowest BCUT2D eigenvalue weighted by Crippen LogP contribution is -2.36. The second-order valence-corrected chi connectivity index (χ2v) is 3.65. The Morgan fingerprint density at radius 2 is 2.10 bits per heavy atom. The molecule has 0 aliphatic rings. The summed E-state index contributed by atoms with van der Waals surface area (Å²) < 4.78 is 18.6. The predicted molar refractivity (Wildman–Crippen MR) is 38.6 cm³/mol. The van der Waals surface area contributed by atoms with Crippen molar-refractivity contribution in [2.75, 3.05) is 5.75 Å². The first-order chi connectivity index (χ1) is 4.36. The Morgan fingerprint density at radius 1 is 1.70 bits per heavy atom. The first-order valence-electron chi connectivity index (χ1n) is 2.73. The quantitative estimate of drug-likeness (QED) is 0.564. The van der Waals surface area contributed by atoms with Crippen molar-refractivity contribution in [1.29, 1.82) is 0 Å². The van der Waals surface area contributed by atoms with Gasteiger partial charge in [-0.05, 0) is 0 Å². The second-order valence-electron chi connectivity index (χ2n) is 2.71. The predicted octanol–water partition coefficient (Wildman–Crippen LogP) is -0.280. The number of primary amides is 1. The smallest absolute Gasteiger partial charge is 0.224 e. The third-order valence-electron chi connectivity index (χ3n) is 1.15. The van der Waals surface area contributed by atoms with Crippen LogP contribution in [0, 0.1) is 5.41 Å². The highest BCUT2D eigenvalue weighted by Gasteiger charge is 2.26. The standard InChI is InChI=1S/C5H11NO3S/c1-5(2,4(6)7)3-10(8)9/h3H2,1-2H3,(H2,6,7)(H,8,9). The van der Waals surface area contributed by atoms with Crippen molar-refractivity contribution in [3.63, 3.8) is 0 Å². The van der Waals surface area contributed by atoms with E-state index in [0.29, 0.717) is 0 Å². The van der Waals surface area contributed by atoms with Crippen LogP contribution in [-0.2, 0) is 15.9 Å². The molecule has 60 valence electrons. The van der Waals surface area contributed by atoms with Gasteiger partial charge in [-0.2, -0.15) is 0 Å². The summed E-state index contributed by atoms with van der Waals surface area (Å²) in [5, 5.41) is 0. The minimum Gasteiger partial charge on any atom is -0.369 e. The molecular weight excluding hydrogens is 154 g/mol. The molecule has 1 atom stereocenters. The van der Waals surface area contributed by atoms with Crippen LogP contribution in [0.2, 0.25) is 0 Å². The average Bonchev–Trinajstić information content (AvgIpc) is 1.60.